The molecule has 3 aromatic rings. The number of pyridine rings is 1. The van der Waals surface area contributed by atoms with Crippen LogP contribution in [0.3, 0.4) is 0 Å². The molecule has 0 bridgehead atoms. The first-order valence-electron chi connectivity index (χ1n) is 5.75. The average molecular weight is 323 g/mol. The molecule has 6 heteroatoms. The molecule has 0 fully saturated rings. The highest BCUT2D eigenvalue weighted by Gasteiger charge is 2.17. The van der Waals surface area contributed by atoms with Gasteiger partial charge in [0.25, 0.3) is 5.91 Å². The number of benzene rings is 1. The molecule has 0 aliphatic rings. The van der Waals surface area contributed by atoms with Crippen molar-refractivity contribution in [2.75, 3.05) is 5.32 Å². The topological polar surface area (TPSA) is 42.0 Å². The van der Waals surface area contributed by atoms with E-state index in [0.717, 1.165) is 10.1 Å². The molecule has 2 heterocycles. The van der Waals surface area contributed by atoms with Crippen LogP contribution in [0.25, 0.3) is 10.1 Å². The Morgan fingerprint density at radius 1 is 1.20 bits per heavy atom. The second-order valence-corrected chi connectivity index (χ2v) is 5.92. The average Bonchev–Trinajstić information content (AvgIpc) is 2.76. The molecule has 1 aromatic carbocycles. The van der Waals surface area contributed by atoms with E-state index in [4.69, 9.17) is 23.2 Å². The summed E-state index contributed by atoms with van der Waals surface area (Å²) in [6.45, 7) is 0. The Morgan fingerprint density at radius 2 is 2.05 bits per heavy atom. The molecule has 1 N–H and O–H groups in total. The molecule has 3 rings (SSSR count). The van der Waals surface area contributed by atoms with Crippen molar-refractivity contribution in [2.45, 2.75) is 0 Å². The van der Waals surface area contributed by atoms with Gasteiger partial charge in [0.15, 0.2) is 0 Å². The van der Waals surface area contributed by atoms with E-state index in [1.54, 1.807) is 36.5 Å². The molecule has 0 spiro atoms. The Kier molecular flexibility index (Phi) is 3.61. The number of hydrogen-bond donors (Lipinski definition) is 1. The number of nitrogens with zero attached hydrogens (tertiary/aromatic N) is 1. The highest BCUT2D eigenvalue weighted by atomic mass is 35.5. The van der Waals surface area contributed by atoms with Crippen molar-refractivity contribution < 1.29 is 4.79 Å². The number of halogens is 2. The van der Waals surface area contributed by atoms with Gasteiger partial charge < -0.3 is 5.32 Å². The Morgan fingerprint density at radius 3 is 2.80 bits per heavy atom. The maximum Gasteiger partial charge on any atom is 0.268 e. The van der Waals surface area contributed by atoms with Crippen LogP contribution in [0.2, 0.25) is 10.0 Å². The first kappa shape index (κ1) is 13.4. The summed E-state index contributed by atoms with van der Waals surface area (Å²) in [6, 6.07) is 10.7. The first-order valence-corrected chi connectivity index (χ1v) is 7.32. The number of thiophene rings is 1. The standard InChI is InChI=1S/C14H8Cl2N2OS/c15-8-4-5-9-10(7-8)20-13(12(9)16)14(19)18-11-3-1-2-6-17-11/h1-7H,(H,17,18,19). The third kappa shape index (κ3) is 2.50. The van der Waals surface area contributed by atoms with Crippen LogP contribution in [-0.2, 0) is 0 Å². The Labute approximate surface area is 129 Å². The van der Waals surface area contributed by atoms with E-state index in [1.807, 2.05) is 6.07 Å². The van der Waals surface area contributed by atoms with Crippen LogP contribution in [0.1, 0.15) is 9.67 Å². The Hall–Kier alpha value is -1.62. The van der Waals surface area contributed by atoms with E-state index in [-0.39, 0.29) is 5.91 Å². The smallest absolute Gasteiger partial charge is 0.268 e. The number of anilines is 1. The zero-order valence-electron chi connectivity index (χ0n) is 10.1. The van der Waals surface area contributed by atoms with Crippen LogP contribution >= 0.6 is 34.5 Å². The minimum absolute atomic E-state index is 0.272. The van der Waals surface area contributed by atoms with Gasteiger partial charge in [-0.05, 0) is 24.3 Å². The van der Waals surface area contributed by atoms with Crippen molar-refractivity contribution in [2.24, 2.45) is 0 Å². The van der Waals surface area contributed by atoms with Gasteiger partial charge in [-0.1, -0.05) is 35.3 Å². The van der Waals surface area contributed by atoms with E-state index in [0.29, 0.717) is 20.7 Å². The number of fused-ring (bicyclic) bond motifs is 1. The zero-order chi connectivity index (χ0) is 14.1. The largest absolute Gasteiger partial charge is 0.306 e. The summed E-state index contributed by atoms with van der Waals surface area (Å²) in [6.07, 6.45) is 1.61. The lowest BCUT2D eigenvalue weighted by Crippen LogP contribution is -2.11. The summed E-state index contributed by atoms with van der Waals surface area (Å²) in [5.74, 6) is 0.218. The van der Waals surface area contributed by atoms with Crippen molar-refractivity contribution in [1.82, 2.24) is 4.98 Å². The lowest BCUT2D eigenvalue weighted by atomic mass is 10.2. The number of aromatic nitrogens is 1. The number of amides is 1. The number of carbonyl (C=O) groups is 1. The van der Waals surface area contributed by atoms with E-state index in [1.165, 1.54) is 11.3 Å². The number of nitrogens with one attached hydrogen (secondary N) is 1. The summed E-state index contributed by atoms with van der Waals surface area (Å²) in [4.78, 5) is 16.7. The molecule has 20 heavy (non-hydrogen) atoms. The molecule has 100 valence electrons. The number of carbonyl (C=O) groups excluding carboxylic acids is 1. The first-order chi connectivity index (χ1) is 9.65. The van der Waals surface area contributed by atoms with Gasteiger partial charge in [-0.15, -0.1) is 11.3 Å². The fourth-order valence-electron chi connectivity index (χ4n) is 1.79. The number of hydrogen-bond acceptors (Lipinski definition) is 3. The van der Waals surface area contributed by atoms with Gasteiger partial charge in [0.1, 0.15) is 10.7 Å². The molecule has 3 nitrogen and oxygen atoms in total. The van der Waals surface area contributed by atoms with E-state index < -0.39 is 0 Å². The van der Waals surface area contributed by atoms with Crippen LogP contribution in [0, 0.1) is 0 Å². The van der Waals surface area contributed by atoms with E-state index >= 15 is 0 Å². The van der Waals surface area contributed by atoms with Crippen LogP contribution in [0.4, 0.5) is 5.82 Å². The van der Waals surface area contributed by atoms with Gasteiger partial charge in [-0.3, -0.25) is 4.79 Å². The second kappa shape index (κ2) is 5.40. The normalized spacial score (nSPS) is 10.7. The summed E-state index contributed by atoms with van der Waals surface area (Å²) in [5.41, 5.74) is 0. The van der Waals surface area contributed by atoms with Crippen LogP contribution < -0.4 is 5.32 Å². The van der Waals surface area contributed by atoms with Crippen LogP contribution in [0.5, 0.6) is 0 Å². The molecule has 0 atom stereocenters. The second-order valence-electron chi connectivity index (χ2n) is 4.05. The number of rotatable bonds is 2. The molecule has 0 saturated heterocycles. The van der Waals surface area contributed by atoms with Gasteiger partial charge in [0.2, 0.25) is 0 Å². The molecule has 0 unspecified atom stereocenters. The van der Waals surface area contributed by atoms with Gasteiger partial charge in [0, 0.05) is 21.3 Å². The van der Waals surface area contributed by atoms with Crippen molar-refractivity contribution in [3.05, 3.63) is 57.5 Å². The van der Waals surface area contributed by atoms with Gasteiger partial charge in [0.05, 0.1) is 5.02 Å². The molecule has 0 saturated carbocycles. The quantitative estimate of drug-likeness (QED) is 0.732. The molecular weight excluding hydrogens is 315 g/mol. The third-order valence-corrected chi connectivity index (χ3v) is 4.60. The monoisotopic (exact) mass is 322 g/mol. The van der Waals surface area contributed by atoms with E-state index in [9.17, 15) is 4.79 Å². The van der Waals surface area contributed by atoms with Gasteiger partial charge in [-0.25, -0.2) is 4.98 Å². The van der Waals surface area contributed by atoms with E-state index in [2.05, 4.69) is 10.3 Å². The Bertz CT molecular complexity index is 786. The molecular formula is C14H8Cl2N2OS. The van der Waals surface area contributed by atoms with Crippen LogP contribution in [-0.4, -0.2) is 10.9 Å². The van der Waals surface area contributed by atoms with Gasteiger partial charge in [-0.2, -0.15) is 0 Å². The van der Waals surface area contributed by atoms with Crippen molar-refractivity contribution in [3.8, 4) is 0 Å². The minimum atomic E-state index is -0.272. The zero-order valence-corrected chi connectivity index (χ0v) is 12.4. The molecule has 0 aliphatic heterocycles. The predicted molar refractivity (Wildman–Crippen MR) is 84.0 cm³/mol. The minimum Gasteiger partial charge on any atom is -0.306 e. The SMILES string of the molecule is O=C(Nc1ccccn1)c1sc2cc(Cl)ccc2c1Cl. The van der Waals surface area contributed by atoms with Crippen LogP contribution in [0.15, 0.2) is 42.6 Å². The van der Waals surface area contributed by atoms with Crippen molar-refractivity contribution >= 4 is 56.3 Å². The van der Waals surface area contributed by atoms with Crippen molar-refractivity contribution in [3.63, 3.8) is 0 Å². The van der Waals surface area contributed by atoms with Gasteiger partial charge >= 0.3 is 0 Å². The maximum atomic E-state index is 12.2. The Balaban J connectivity index is 1.97. The summed E-state index contributed by atoms with van der Waals surface area (Å²) in [5, 5.41) is 4.60. The lowest BCUT2D eigenvalue weighted by molar-refractivity contribution is 0.103. The predicted octanol–water partition coefficient (Wildman–Crippen LogP) is 4.86. The maximum absolute atomic E-state index is 12.2. The van der Waals surface area contributed by atoms with Crippen molar-refractivity contribution in [1.29, 1.82) is 0 Å². The highest BCUT2D eigenvalue weighted by Crippen LogP contribution is 2.36. The highest BCUT2D eigenvalue weighted by molar-refractivity contribution is 7.21. The molecule has 0 radical (unpaired) electrons. The fraction of sp³-hybridized carbons (Fsp3) is 0. The summed E-state index contributed by atoms with van der Waals surface area (Å²) in [7, 11) is 0. The summed E-state index contributed by atoms with van der Waals surface area (Å²) >= 11 is 13.5. The fourth-order valence-corrected chi connectivity index (χ4v) is 3.48. The molecule has 0 aliphatic carbocycles. The summed E-state index contributed by atoms with van der Waals surface area (Å²) < 4.78 is 0.883. The molecule has 2 aromatic heterocycles. The molecule has 1 amide bonds. The third-order valence-electron chi connectivity index (χ3n) is 2.70. The lowest BCUT2D eigenvalue weighted by Gasteiger charge is -2.01.